The van der Waals surface area contributed by atoms with Crippen molar-refractivity contribution in [1.29, 1.82) is 0 Å². The monoisotopic (exact) mass is 293 g/mol. The summed E-state index contributed by atoms with van der Waals surface area (Å²) >= 11 is 5.12. The van der Waals surface area contributed by atoms with Gasteiger partial charge in [0.15, 0.2) is 5.11 Å². The highest BCUT2D eigenvalue weighted by Gasteiger charge is 2.22. The molecule has 0 radical (unpaired) electrons. The van der Waals surface area contributed by atoms with Gasteiger partial charge in [-0.2, -0.15) is 0 Å². The molecule has 0 aromatic heterocycles. The summed E-state index contributed by atoms with van der Waals surface area (Å²) in [6.07, 6.45) is 2.18. The van der Waals surface area contributed by atoms with E-state index in [4.69, 9.17) is 17.0 Å². The zero-order valence-corrected chi connectivity index (χ0v) is 12.3. The van der Waals surface area contributed by atoms with E-state index < -0.39 is 0 Å². The summed E-state index contributed by atoms with van der Waals surface area (Å²) in [5.41, 5.74) is 1.09. The van der Waals surface area contributed by atoms with Crippen LogP contribution in [0.4, 0.5) is 0 Å². The van der Waals surface area contributed by atoms with Crippen LogP contribution in [0.3, 0.4) is 0 Å². The van der Waals surface area contributed by atoms with Crippen LogP contribution in [0.25, 0.3) is 0 Å². The van der Waals surface area contributed by atoms with E-state index >= 15 is 0 Å². The average molecular weight is 293 g/mol. The van der Waals surface area contributed by atoms with Crippen LogP contribution < -0.4 is 20.7 Å². The Morgan fingerprint density at radius 3 is 2.60 bits per heavy atom. The molecule has 20 heavy (non-hydrogen) atoms. The van der Waals surface area contributed by atoms with Crippen molar-refractivity contribution in [3.8, 4) is 5.75 Å². The van der Waals surface area contributed by atoms with Crippen molar-refractivity contribution < 1.29 is 9.53 Å². The highest BCUT2D eigenvalue weighted by molar-refractivity contribution is 7.80. The van der Waals surface area contributed by atoms with Gasteiger partial charge in [0, 0.05) is 12.6 Å². The minimum absolute atomic E-state index is 0.0129. The lowest BCUT2D eigenvalue weighted by molar-refractivity contribution is -0.120. The fraction of sp³-hybridized carbons (Fsp3) is 0.429. The summed E-state index contributed by atoms with van der Waals surface area (Å²) in [7, 11) is 1.64. The molecule has 1 saturated carbocycles. The fourth-order valence-corrected chi connectivity index (χ4v) is 1.80. The molecule has 0 atom stereocenters. The van der Waals surface area contributed by atoms with Crippen molar-refractivity contribution in [2.45, 2.75) is 25.4 Å². The van der Waals surface area contributed by atoms with Gasteiger partial charge in [-0.15, -0.1) is 0 Å². The van der Waals surface area contributed by atoms with Crippen LogP contribution in [-0.2, 0) is 11.3 Å². The van der Waals surface area contributed by atoms with Crippen LogP contribution >= 0.6 is 12.2 Å². The number of hydrogen-bond donors (Lipinski definition) is 3. The second kappa shape index (κ2) is 7.09. The maximum absolute atomic E-state index is 11.5. The molecule has 5 nitrogen and oxygen atoms in total. The van der Waals surface area contributed by atoms with E-state index in [1.165, 1.54) is 0 Å². The van der Waals surface area contributed by atoms with E-state index in [-0.39, 0.29) is 12.5 Å². The SMILES string of the molecule is COc1ccc(CNC(=S)NCC(=O)NC2CC2)cc1. The summed E-state index contributed by atoms with van der Waals surface area (Å²) in [5.74, 6) is 0.812. The van der Waals surface area contributed by atoms with Crippen LogP contribution in [-0.4, -0.2) is 30.7 Å². The van der Waals surface area contributed by atoms with E-state index in [9.17, 15) is 4.79 Å². The molecule has 1 aliphatic carbocycles. The van der Waals surface area contributed by atoms with E-state index in [0.717, 1.165) is 24.2 Å². The summed E-state index contributed by atoms with van der Waals surface area (Å²) < 4.78 is 5.09. The number of amides is 1. The molecule has 1 aromatic rings. The first-order chi connectivity index (χ1) is 9.67. The maximum atomic E-state index is 11.5. The predicted molar refractivity (Wildman–Crippen MR) is 81.6 cm³/mol. The van der Waals surface area contributed by atoms with Crippen LogP contribution in [0.15, 0.2) is 24.3 Å². The van der Waals surface area contributed by atoms with Crippen molar-refractivity contribution in [2.75, 3.05) is 13.7 Å². The second-order valence-electron chi connectivity index (χ2n) is 4.73. The minimum Gasteiger partial charge on any atom is -0.497 e. The van der Waals surface area contributed by atoms with Gasteiger partial charge >= 0.3 is 0 Å². The molecule has 0 unspecified atom stereocenters. The molecule has 0 bridgehead atoms. The molecule has 0 heterocycles. The highest BCUT2D eigenvalue weighted by atomic mass is 32.1. The Kier molecular flexibility index (Phi) is 5.17. The van der Waals surface area contributed by atoms with Gasteiger partial charge in [0.25, 0.3) is 0 Å². The smallest absolute Gasteiger partial charge is 0.239 e. The minimum atomic E-state index is -0.0129. The molecule has 0 saturated heterocycles. The third-order valence-electron chi connectivity index (χ3n) is 2.96. The third-order valence-corrected chi connectivity index (χ3v) is 3.25. The molecular formula is C14H19N3O2S. The molecule has 0 spiro atoms. The van der Waals surface area contributed by atoms with E-state index in [0.29, 0.717) is 17.7 Å². The zero-order chi connectivity index (χ0) is 14.4. The van der Waals surface area contributed by atoms with Crippen LogP contribution in [0.5, 0.6) is 5.75 Å². The largest absolute Gasteiger partial charge is 0.497 e. The zero-order valence-electron chi connectivity index (χ0n) is 11.4. The average Bonchev–Trinajstić information content (AvgIpc) is 3.27. The maximum Gasteiger partial charge on any atom is 0.239 e. The van der Waals surface area contributed by atoms with Crippen LogP contribution in [0.2, 0.25) is 0 Å². The number of hydrogen-bond acceptors (Lipinski definition) is 3. The Bertz CT molecular complexity index is 472. The van der Waals surface area contributed by atoms with Crippen molar-refractivity contribution in [1.82, 2.24) is 16.0 Å². The number of ether oxygens (including phenoxy) is 1. The Morgan fingerprint density at radius 1 is 1.30 bits per heavy atom. The quantitative estimate of drug-likeness (QED) is 0.681. The van der Waals surface area contributed by atoms with Gasteiger partial charge in [-0.05, 0) is 42.8 Å². The molecule has 2 rings (SSSR count). The molecule has 6 heteroatoms. The number of carbonyl (C=O) groups is 1. The molecule has 1 amide bonds. The molecule has 1 aliphatic rings. The first-order valence-corrected chi connectivity index (χ1v) is 7.02. The number of thiocarbonyl (C=S) groups is 1. The number of rotatable bonds is 6. The third kappa shape index (κ3) is 5.05. The second-order valence-corrected chi connectivity index (χ2v) is 5.13. The summed E-state index contributed by atoms with van der Waals surface area (Å²) in [5, 5.41) is 9.32. The molecule has 3 N–H and O–H groups in total. The van der Waals surface area contributed by atoms with Crippen molar-refractivity contribution >= 4 is 23.2 Å². The van der Waals surface area contributed by atoms with E-state index in [1.54, 1.807) is 7.11 Å². The first kappa shape index (κ1) is 14.6. The van der Waals surface area contributed by atoms with E-state index in [1.807, 2.05) is 24.3 Å². The van der Waals surface area contributed by atoms with Gasteiger partial charge in [0.2, 0.25) is 5.91 Å². The Labute approximate surface area is 124 Å². The van der Waals surface area contributed by atoms with Gasteiger partial charge < -0.3 is 20.7 Å². The molecule has 108 valence electrons. The highest BCUT2D eigenvalue weighted by Crippen LogP contribution is 2.18. The Balaban J connectivity index is 1.64. The Morgan fingerprint density at radius 2 is 2.00 bits per heavy atom. The molecular weight excluding hydrogens is 274 g/mol. The standard InChI is InChI=1S/C14H19N3O2S/c1-19-12-6-2-10(3-7-12)8-15-14(20)16-9-13(18)17-11-4-5-11/h2-3,6-7,11H,4-5,8-9H2,1H3,(H,17,18)(H2,15,16,20). The lowest BCUT2D eigenvalue weighted by Crippen LogP contribution is -2.42. The van der Waals surface area contributed by atoms with Gasteiger partial charge in [0.05, 0.1) is 13.7 Å². The number of methoxy groups -OCH3 is 1. The lowest BCUT2D eigenvalue weighted by Gasteiger charge is -2.11. The van der Waals surface area contributed by atoms with Gasteiger partial charge in [0.1, 0.15) is 5.75 Å². The van der Waals surface area contributed by atoms with Crippen LogP contribution in [0, 0.1) is 0 Å². The van der Waals surface area contributed by atoms with Gasteiger partial charge in [-0.1, -0.05) is 12.1 Å². The first-order valence-electron chi connectivity index (χ1n) is 6.61. The summed E-state index contributed by atoms with van der Waals surface area (Å²) in [6.45, 7) is 0.824. The fourth-order valence-electron chi connectivity index (χ4n) is 1.66. The van der Waals surface area contributed by atoms with Crippen molar-refractivity contribution in [3.63, 3.8) is 0 Å². The normalized spacial score (nSPS) is 13.4. The van der Waals surface area contributed by atoms with Gasteiger partial charge in [-0.3, -0.25) is 4.79 Å². The lowest BCUT2D eigenvalue weighted by atomic mass is 10.2. The van der Waals surface area contributed by atoms with Crippen molar-refractivity contribution in [2.24, 2.45) is 0 Å². The topological polar surface area (TPSA) is 62.4 Å². The van der Waals surface area contributed by atoms with E-state index in [2.05, 4.69) is 16.0 Å². The molecule has 1 aromatic carbocycles. The molecule has 1 fully saturated rings. The summed E-state index contributed by atoms with van der Waals surface area (Å²) in [6, 6.07) is 8.11. The van der Waals surface area contributed by atoms with Gasteiger partial charge in [-0.25, -0.2) is 0 Å². The number of benzene rings is 1. The van der Waals surface area contributed by atoms with Crippen LogP contribution in [0.1, 0.15) is 18.4 Å². The number of nitrogens with one attached hydrogen (secondary N) is 3. The van der Waals surface area contributed by atoms with Crippen molar-refractivity contribution in [3.05, 3.63) is 29.8 Å². The predicted octanol–water partition coefficient (Wildman–Crippen LogP) is 0.938. The summed E-state index contributed by atoms with van der Waals surface area (Å²) in [4.78, 5) is 11.5. The number of carbonyl (C=O) groups excluding carboxylic acids is 1. The molecule has 0 aliphatic heterocycles. The Hall–Kier alpha value is -1.82.